The highest BCUT2D eigenvalue weighted by Gasteiger charge is 2.38. The van der Waals surface area contributed by atoms with Gasteiger partial charge in [-0.1, -0.05) is 6.42 Å². The number of carbonyl (C=O) groups excluding carboxylic acids is 1. The van der Waals surface area contributed by atoms with Crippen molar-refractivity contribution in [2.24, 2.45) is 0 Å². The molecule has 1 amide bonds. The third-order valence-electron chi connectivity index (χ3n) is 4.78. The molecule has 0 aromatic heterocycles. The third-order valence-corrected chi connectivity index (χ3v) is 4.78. The van der Waals surface area contributed by atoms with E-state index in [1.165, 1.54) is 25.8 Å². The standard InChI is InChI=1S/C14H25N3O2/c1-10-13(15-6-9-19-10)14(18)16-11-5-8-17-7-3-2-4-12(11)17/h10-13,15H,2-9H2,1H3,(H,16,18)/t10-,11?,12?,13+/m1/s1. The van der Waals surface area contributed by atoms with Gasteiger partial charge in [-0.2, -0.15) is 0 Å². The number of morpholine rings is 1. The Morgan fingerprint density at radius 1 is 1.32 bits per heavy atom. The largest absolute Gasteiger partial charge is 0.375 e. The lowest BCUT2D eigenvalue weighted by Crippen LogP contribution is -2.58. The van der Waals surface area contributed by atoms with Gasteiger partial charge in [-0.3, -0.25) is 9.69 Å². The van der Waals surface area contributed by atoms with Gasteiger partial charge in [0.2, 0.25) is 5.91 Å². The first-order valence-electron chi connectivity index (χ1n) is 7.65. The van der Waals surface area contributed by atoms with Crippen LogP contribution in [0.15, 0.2) is 0 Å². The van der Waals surface area contributed by atoms with Crippen LogP contribution in [0.3, 0.4) is 0 Å². The predicted octanol–water partition coefficient (Wildman–Crippen LogP) is 0.106. The van der Waals surface area contributed by atoms with Gasteiger partial charge in [-0.15, -0.1) is 0 Å². The normalized spacial score (nSPS) is 39.8. The molecule has 0 aromatic carbocycles. The Balaban J connectivity index is 1.57. The molecule has 0 radical (unpaired) electrons. The van der Waals surface area contributed by atoms with E-state index in [0.29, 0.717) is 18.7 Å². The molecule has 3 heterocycles. The number of hydrogen-bond acceptors (Lipinski definition) is 4. The van der Waals surface area contributed by atoms with Crippen molar-refractivity contribution in [3.63, 3.8) is 0 Å². The van der Waals surface area contributed by atoms with Crippen molar-refractivity contribution in [2.45, 2.75) is 56.8 Å². The maximum atomic E-state index is 12.4. The summed E-state index contributed by atoms with van der Waals surface area (Å²) < 4.78 is 5.55. The monoisotopic (exact) mass is 267 g/mol. The lowest BCUT2D eigenvalue weighted by molar-refractivity contribution is -0.129. The van der Waals surface area contributed by atoms with Crippen molar-refractivity contribution in [1.82, 2.24) is 15.5 Å². The summed E-state index contributed by atoms with van der Waals surface area (Å²) in [6.07, 6.45) is 4.91. The number of piperidine rings is 1. The number of amides is 1. The van der Waals surface area contributed by atoms with Gasteiger partial charge >= 0.3 is 0 Å². The fourth-order valence-corrected chi connectivity index (χ4v) is 3.72. The average molecular weight is 267 g/mol. The lowest BCUT2D eigenvalue weighted by atomic mass is 9.98. The third kappa shape index (κ3) is 2.78. The Morgan fingerprint density at radius 2 is 2.21 bits per heavy atom. The van der Waals surface area contributed by atoms with E-state index in [1.54, 1.807) is 0 Å². The van der Waals surface area contributed by atoms with Crippen molar-refractivity contribution >= 4 is 5.91 Å². The molecule has 5 heteroatoms. The zero-order chi connectivity index (χ0) is 13.2. The maximum absolute atomic E-state index is 12.4. The molecule has 0 spiro atoms. The first-order valence-corrected chi connectivity index (χ1v) is 7.65. The van der Waals surface area contributed by atoms with Crippen LogP contribution in [0.4, 0.5) is 0 Å². The molecule has 2 N–H and O–H groups in total. The summed E-state index contributed by atoms with van der Waals surface area (Å²) in [4.78, 5) is 14.9. The Morgan fingerprint density at radius 3 is 3.05 bits per heavy atom. The second kappa shape index (κ2) is 5.77. The van der Waals surface area contributed by atoms with Crippen LogP contribution in [-0.2, 0) is 9.53 Å². The van der Waals surface area contributed by atoms with E-state index in [9.17, 15) is 4.79 Å². The second-order valence-electron chi connectivity index (χ2n) is 6.01. The number of ether oxygens (including phenoxy) is 1. The van der Waals surface area contributed by atoms with Crippen molar-refractivity contribution in [3.05, 3.63) is 0 Å². The van der Waals surface area contributed by atoms with Crippen LogP contribution in [0.25, 0.3) is 0 Å². The summed E-state index contributed by atoms with van der Waals surface area (Å²) in [6, 6.07) is 0.715. The molecular weight excluding hydrogens is 242 g/mol. The van der Waals surface area contributed by atoms with Gasteiger partial charge in [0, 0.05) is 25.2 Å². The number of nitrogens with zero attached hydrogens (tertiary/aromatic N) is 1. The summed E-state index contributed by atoms with van der Waals surface area (Å²) in [5.41, 5.74) is 0. The van der Waals surface area contributed by atoms with Gasteiger partial charge in [0.05, 0.1) is 12.7 Å². The molecule has 5 nitrogen and oxygen atoms in total. The molecule has 108 valence electrons. The van der Waals surface area contributed by atoms with Crippen LogP contribution in [-0.4, -0.2) is 61.3 Å². The topological polar surface area (TPSA) is 53.6 Å². The summed E-state index contributed by atoms with van der Waals surface area (Å²) in [5, 5.41) is 6.52. The Bertz CT molecular complexity index is 337. The van der Waals surface area contributed by atoms with Crippen LogP contribution < -0.4 is 10.6 Å². The van der Waals surface area contributed by atoms with E-state index in [0.717, 1.165) is 19.5 Å². The number of hydrogen-bond donors (Lipinski definition) is 2. The van der Waals surface area contributed by atoms with Gasteiger partial charge in [-0.25, -0.2) is 0 Å². The second-order valence-corrected chi connectivity index (χ2v) is 6.01. The fourth-order valence-electron chi connectivity index (χ4n) is 3.72. The minimum atomic E-state index is -0.189. The predicted molar refractivity (Wildman–Crippen MR) is 73.0 cm³/mol. The van der Waals surface area contributed by atoms with Gasteiger partial charge < -0.3 is 15.4 Å². The molecule has 19 heavy (non-hydrogen) atoms. The number of fused-ring (bicyclic) bond motifs is 1. The van der Waals surface area contributed by atoms with Gasteiger partial charge in [0.15, 0.2) is 0 Å². The van der Waals surface area contributed by atoms with Crippen LogP contribution in [0.1, 0.15) is 32.6 Å². The van der Waals surface area contributed by atoms with E-state index in [1.807, 2.05) is 6.92 Å². The summed E-state index contributed by atoms with van der Waals surface area (Å²) in [7, 11) is 0. The minimum absolute atomic E-state index is 0.0300. The molecule has 0 bridgehead atoms. The van der Waals surface area contributed by atoms with Crippen molar-refractivity contribution < 1.29 is 9.53 Å². The summed E-state index contributed by atoms with van der Waals surface area (Å²) in [6.45, 7) is 5.78. The van der Waals surface area contributed by atoms with Crippen LogP contribution in [0, 0.1) is 0 Å². The van der Waals surface area contributed by atoms with Crippen LogP contribution in [0.5, 0.6) is 0 Å². The minimum Gasteiger partial charge on any atom is -0.375 e. The van der Waals surface area contributed by atoms with E-state index >= 15 is 0 Å². The molecule has 0 aliphatic carbocycles. The summed E-state index contributed by atoms with van der Waals surface area (Å²) >= 11 is 0. The molecule has 0 saturated carbocycles. The SMILES string of the molecule is C[C@H]1OCCN[C@@H]1C(=O)NC1CCN2CCCCC12. The molecule has 2 unspecified atom stereocenters. The van der Waals surface area contributed by atoms with Crippen molar-refractivity contribution in [3.8, 4) is 0 Å². The number of carbonyl (C=O) groups is 1. The van der Waals surface area contributed by atoms with Gasteiger partial charge in [0.1, 0.15) is 6.04 Å². The number of nitrogens with one attached hydrogen (secondary N) is 2. The smallest absolute Gasteiger partial charge is 0.240 e. The van der Waals surface area contributed by atoms with Gasteiger partial charge in [0.25, 0.3) is 0 Å². The Hall–Kier alpha value is -0.650. The zero-order valence-electron chi connectivity index (χ0n) is 11.7. The van der Waals surface area contributed by atoms with Crippen molar-refractivity contribution in [1.29, 1.82) is 0 Å². The van der Waals surface area contributed by atoms with E-state index in [2.05, 4.69) is 15.5 Å². The number of rotatable bonds is 2. The van der Waals surface area contributed by atoms with E-state index in [4.69, 9.17) is 4.74 Å². The first-order chi connectivity index (χ1) is 9.25. The lowest BCUT2D eigenvalue weighted by Gasteiger charge is -2.34. The highest BCUT2D eigenvalue weighted by molar-refractivity contribution is 5.82. The highest BCUT2D eigenvalue weighted by Crippen LogP contribution is 2.27. The molecule has 3 rings (SSSR count). The zero-order valence-corrected chi connectivity index (χ0v) is 11.7. The maximum Gasteiger partial charge on any atom is 0.240 e. The fraction of sp³-hybridized carbons (Fsp3) is 0.929. The molecule has 3 aliphatic rings. The molecule has 0 aromatic rings. The average Bonchev–Trinajstić information content (AvgIpc) is 2.83. The summed E-state index contributed by atoms with van der Waals surface area (Å²) in [5.74, 6) is 0.115. The molecule has 4 atom stereocenters. The molecule has 3 fully saturated rings. The Labute approximate surface area is 115 Å². The van der Waals surface area contributed by atoms with Crippen LogP contribution in [0.2, 0.25) is 0 Å². The van der Waals surface area contributed by atoms with Crippen molar-refractivity contribution in [2.75, 3.05) is 26.2 Å². The van der Waals surface area contributed by atoms with Gasteiger partial charge in [-0.05, 0) is 32.7 Å². The quantitative estimate of drug-likeness (QED) is 0.745. The highest BCUT2D eigenvalue weighted by atomic mass is 16.5. The van der Waals surface area contributed by atoms with Crippen LogP contribution >= 0.6 is 0 Å². The molecule has 3 aliphatic heterocycles. The first kappa shape index (κ1) is 13.3. The van der Waals surface area contributed by atoms with E-state index < -0.39 is 0 Å². The molecule has 3 saturated heterocycles. The Kier molecular flexibility index (Phi) is 4.05. The van der Waals surface area contributed by atoms with E-state index in [-0.39, 0.29) is 18.1 Å². The molecular formula is C14H25N3O2.